The molecule has 29 heavy (non-hydrogen) atoms. The van der Waals surface area contributed by atoms with E-state index in [-0.39, 0.29) is 5.56 Å². The fourth-order valence-electron chi connectivity index (χ4n) is 2.73. The number of carbonyl (C=O) groups is 1. The number of nitrogens with one attached hydrogen (secondary N) is 2. The van der Waals surface area contributed by atoms with Gasteiger partial charge in [-0.15, -0.1) is 5.10 Å². The molecule has 0 radical (unpaired) electrons. The zero-order valence-corrected chi connectivity index (χ0v) is 15.2. The Kier molecular flexibility index (Phi) is 5.78. The molecule has 1 aromatic heterocycles. The molecule has 1 heterocycles. The predicted octanol–water partition coefficient (Wildman–Crippen LogP) is 2.84. The van der Waals surface area contributed by atoms with Crippen molar-refractivity contribution < 1.29 is 23.1 Å². The minimum atomic E-state index is -4.60. The van der Waals surface area contributed by atoms with E-state index in [1.54, 1.807) is 18.2 Å². The first-order valence-electron chi connectivity index (χ1n) is 8.49. The van der Waals surface area contributed by atoms with Crippen molar-refractivity contribution in [3.05, 3.63) is 65.5 Å². The van der Waals surface area contributed by atoms with Crippen LogP contribution in [0, 0.1) is 6.92 Å². The van der Waals surface area contributed by atoms with E-state index in [4.69, 9.17) is 0 Å². The third-order valence-corrected chi connectivity index (χ3v) is 4.14. The summed E-state index contributed by atoms with van der Waals surface area (Å²) in [6, 6.07) is 9.04. The summed E-state index contributed by atoms with van der Waals surface area (Å²) in [6.07, 6.45) is -4.72. The highest BCUT2D eigenvalue weighted by molar-refractivity contribution is 5.89. The summed E-state index contributed by atoms with van der Waals surface area (Å²) < 4.78 is 40.6. The van der Waals surface area contributed by atoms with Crippen molar-refractivity contribution in [2.75, 3.05) is 11.9 Å². The third kappa shape index (κ3) is 4.88. The van der Waals surface area contributed by atoms with Gasteiger partial charge in [0.15, 0.2) is 0 Å². The van der Waals surface area contributed by atoms with Crippen molar-refractivity contribution in [2.24, 2.45) is 0 Å². The molecule has 11 heteroatoms. The van der Waals surface area contributed by atoms with Crippen LogP contribution in [0.1, 0.15) is 22.8 Å². The SMILES string of the molecule is Cc1ccc(NC(=O)NCC(O)c2ccccc2C(F)(F)F)cc1-n1cnnn1. The van der Waals surface area contributed by atoms with Gasteiger partial charge >= 0.3 is 12.2 Å². The largest absolute Gasteiger partial charge is 0.416 e. The second-order valence-electron chi connectivity index (χ2n) is 6.19. The molecule has 0 aliphatic rings. The second kappa shape index (κ2) is 8.27. The van der Waals surface area contributed by atoms with Crippen molar-refractivity contribution >= 4 is 11.7 Å². The Morgan fingerprint density at radius 2 is 2.00 bits per heavy atom. The standard InChI is InChI=1S/C18H17F3N6O2/c1-11-6-7-12(8-15(11)27-10-23-25-26-27)24-17(29)22-9-16(28)13-4-2-3-5-14(13)18(19,20)21/h2-8,10,16,28H,9H2,1H3,(H2,22,24,29). The number of amides is 2. The molecule has 1 atom stereocenters. The van der Waals surface area contributed by atoms with Crippen molar-refractivity contribution in [1.29, 1.82) is 0 Å². The van der Waals surface area contributed by atoms with Gasteiger partial charge in [0, 0.05) is 12.2 Å². The number of aliphatic hydroxyl groups excluding tert-OH is 1. The summed E-state index contributed by atoms with van der Waals surface area (Å²) in [4.78, 5) is 12.1. The van der Waals surface area contributed by atoms with Gasteiger partial charge in [0.1, 0.15) is 6.33 Å². The van der Waals surface area contributed by atoms with Gasteiger partial charge in [-0.3, -0.25) is 0 Å². The molecule has 3 rings (SSSR count). The van der Waals surface area contributed by atoms with E-state index in [1.807, 2.05) is 6.92 Å². The summed E-state index contributed by atoms with van der Waals surface area (Å²) in [5.74, 6) is 0. The van der Waals surface area contributed by atoms with Crippen molar-refractivity contribution in [3.63, 3.8) is 0 Å². The van der Waals surface area contributed by atoms with Crippen LogP contribution in [-0.2, 0) is 6.18 Å². The minimum Gasteiger partial charge on any atom is -0.387 e. The lowest BCUT2D eigenvalue weighted by Crippen LogP contribution is -2.33. The summed E-state index contributed by atoms with van der Waals surface area (Å²) in [5.41, 5.74) is 0.675. The smallest absolute Gasteiger partial charge is 0.387 e. The van der Waals surface area contributed by atoms with Gasteiger partial charge in [0.05, 0.1) is 17.4 Å². The van der Waals surface area contributed by atoms with Crippen molar-refractivity contribution in [2.45, 2.75) is 19.2 Å². The molecule has 0 fully saturated rings. The lowest BCUT2D eigenvalue weighted by molar-refractivity contribution is -0.139. The number of nitrogens with zero attached hydrogens (tertiary/aromatic N) is 4. The van der Waals surface area contributed by atoms with E-state index in [9.17, 15) is 23.1 Å². The van der Waals surface area contributed by atoms with Crippen molar-refractivity contribution in [1.82, 2.24) is 25.5 Å². The van der Waals surface area contributed by atoms with Gasteiger partial charge in [0.25, 0.3) is 0 Å². The maximum absolute atomic E-state index is 13.1. The Morgan fingerprint density at radius 1 is 1.24 bits per heavy atom. The molecule has 2 aromatic carbocycles. The molecule has 8 nitrogen and oxygen atoms in total. The highest BCUT2D eigenvalue weighted by Gasteiger charge is 2.34. The Morgan fingerprint density at radius 3 is 2.69 bits per heavy atom. The number of rotatable bonds is 5. The average Bonchev–Trinajstić information content (AvgIpc) is 3.21. The molecule has 0 spiro atoms. The number of hydrogen-bond donors (Lipinski definition) is 3. The Labute approximate surface area is 163 Å². The zero-order valence-electron chi connectivity index (χ0n) is 15.2. The van der Waals surface area contributed by atoms with Gasteiger partial charge < -0.3 is 15.7 Å². The van der Waals surface area contributed by atoms with Crippen LogP contribution in [0.3, 0.4) is 0 Å². The van der Waals surface area contributed by atoms with Gasteiger partial charge in [-0.25, -0.2) is 9.48 Å². The number of alkyl halides is 3. The van der Waals surface area contributed by atoms with Gasteiger partial charge in [-0.05, 0) is 46.7 Å². The van der Waals surface area contributed by atoms with E-state index in [1.165, 1.54) is 29.2 Å². The second-order valence-corrected chi connectivity index (χ2v) is 6.19. The minimum absolute atomic E-state index is 0.309. The van der Waals surface area contributed by atoms with E-state index >= 15 is 0 Å². The van der Waals surface area contributed by atoms with Crippen molar-refractivity contribution in [3.8, 4) is 5.69 Å². The molecule has 0 aliphatic heterocycles. The molecule has 0 saturated carbocycles. The van der Waals surface area contributed by atoms with Crippen LogP contribution >= 0.6 is 0 Å². The van der Waals surface area contributed by atoms with Crippen LogP contribution in [0.25, 0.3) is 5.69 Å². The highest BCUT2D eigenvalue weighted by Crippen LogP contribution is 2.34. The highest BCUT2D eigenvalue weighted by atomic mass is 19.4. The number of urea groups is 1. The molecule has 2 amide bonds. The molecule has 0 bridgehead atoms. The van der Waals surface area contributed by atoms with Crippen LogP contribution in [-0.4, -0.2) is 37.9 Å². The Balaban J connectivity index is 1.65. The van der Waals surface area contributed by atoms with E-state index < -0.39 is 30.4 Å². The lowest BCUT2D eigenvalue weighted by Gasteiger charge is -2.18. The number of benzene rings is 2. The molecule has 3 aromatic rings. The van der Waals surface area contributed by atoms with Gasteiger partial charge in [0.2, 0.25) is 0 Å². The maximum atomic E-state index is 13.1. The Bertz CT molecular complexity index is 992. The number of tetrazole rings is 1. The quantitative estimate of drug-likeness (QED) is 0.604. The number of aromatic nitrogens is 4. The summed E-state index contributed by atoms with van der Waals surface area (Å²) in [7, 11) is 0. The number of carbonyl (C=O) groups excluding carboxylic acids is 1. The van der Waals surface area contributed by atoms with Crippen LogP contribution in [0.2, 0.25) is 0 Å². The number of hydrogen-bond acceptors (Lipinski definition) is 5. The first kappa shape index (κ1) is 20.3. The third-order valence-electron chi connectivity index (χ3n) is 4.14. The molecular formula is C18H17F3N6O2. The van der Waals surface area contributed by atoms with E-state index in [2.05, 4.69) is 26.2 Å². The van der Waals surface area contributed by atoms with Gasteiger partial charge in [-0.2, -0.15) is 13.2 Å². The summed E-state index contributed by atoms with van der Waals surface area (Å²) in [6.45, 7) is 1.44. The molecular weight excluding hydrogens is 389 g/mol. The van der Waals surface area contributed by atoms with Crippen LogP contribution in [0.5, 0.6) is 0 Å². The fraction of sp³-hybridized carbons (Fsp3) is 0.222. The summed E-state index contributed by atoms with van der Waals surface area (Å²) in [5, 5.41) is 25.9. The molecule has 0 saturated heterocycles. The van der Waals surface area contributed by atoms with Crippen LogP contribution < -0.4 is 10.6 Å². The fourth-order valence-corrected chi connectivity index (χ4v) is 2.73. The zero-order chi connectivity index (χ0) is 21.0. The first-order chi connectivity index (χ1) is 13.8. The number of aliphatic hydroxyl groups is 1. The lowest BCUT2D eigenvalue weighted by atomic mass is 10.0. The number of anilines is 1. The Hall–Kier alpha value is -3.47. The first-order valence-corrected chi connectivity index (χ1v) is 8.49. The predicted molar refractivity (Wildman–Crippen MR) is 97.3 cm³/mol. The van der Waals surface area contributed by atoms with Crippen LogP contribution in [0.15, 0.2) is 48.8 Å². The van der Waals surface area contributed by atoms with E-state index in [0.29, 0.717) is 11.4 Å². The molecule has 3 N–H and O–H groups in total. The summed E-state index contributed by atoms with van der Waals surface area (Å²) >= 11 is 0. The molecule has 0 aliphatic carbocycles. The normalized spacial score (nSPS) is 12.4. The van der Waals surface area contributed by atoms with Gasteiger partial charge in [-0.1, -0.05) is 24.3 Å². The monoisotopic (exact) mass is 406 g/mol. The maximum Gasteiger partial charge on any atom is 0.416 e. The number of aryl methyl sites for hydroxylation is 1. The topological polar surface area (TPSA) is 105 Å². The van der Waals surface area contributed by atoms with E-state index in [0.717, 1.165) is 11.6 Å². The number of halogens is 3. The average molecular weight is 406 g/mol. The van der Waals surface area contributed by atoms with Crippen LogP contribution in [0.4, 0.5) is 23.7 Å². The molecule has 152 valence electrons. The molecule has 1 unspecified atom stereocenters.